The molecule has 2 atom stereocenters. The largest absolute Gasteiger partial charge is 0.382 e. The van der Waals surface area contributed by atoms with E-state index in [1.165, 1.54) is 0 Å². The maximum Gasteiger partial charge on any atom is 0.0569 e. The van der Waals surface area contributed by atoms with Crippen LogP contribution in [-0.2, 0) is 9.47 Å². The predicted molar refractivity (Wildman–Crippen MR) is 46.8 cm³/mol. The molecule has 0 rings (SSSR count). The van der Waals surface area contributed by atoms with E-state index >= 15 is 0 Å². The monoisotopic (exact) mass is 160 g/mol. The van der Waals surface area contributed by atoms with Crippen molar-refractivity contribution in [2.24, 2.45) is 0 Å². The molecule has 0 radical (unpaired) electrons. The standard InChI is InChI=1S/C9H20O2/c1-5-9(11-4)7-6-8(2)10-3/h8-9H,5-7H2,1-4H3. The van der Waals surface area contributed by atoms with Gasteiger partial charge in [-0.05, 0) is 26.2 Å². The Bertz CT molecular complexity index is 79.6. The van der Waals surface area contributed by atoms with Crippen LogP contribution in [0.25, 0.3) is 0 Å². The third kappa shape index (κ3) is 5.22. The van der Waals surface area contributed by atoms with Gasteiger partial charge in [-0.15, -0.1) is 0 Å². The van der Waals surface area contributed by atoms with Crippen molar-refractivity contribution in [3.63, 3.8) is 0 Å². The van der Waals surface area contributed by atoms with E-state index in [-0.39, 0.29) is 0 Å². The Labute approximate surface area is 69.9 Å². The smallest absolute Gasteiger partial charge is 0.0569 e. The summed E-state index contributed by atoms with van der Waals surface area (Å²) in [6.45, 7) is 4.23. The van der Waals surface area contributed by atoms with Crippen molar-refractivity contribution in [2.75, 3.05) is 14.2 Å². The number of ether oxygens (including phenoxy) is 2. The fraction of sp³-hybridized carbons (Fsp3) is 1.00. The van der Waals surface area contributed by atoms with Gasteiger partial charge in [0.05, 0.1) is 12.2 Å². The molecular formula is C9H20O2. The third-order valence-electron chi connectivity index (χ3n) is 2.09. The van der Waals surface area contributed by atoms with Crippen LogP contribution in [-0.4, -0.2) is 26.4 Å². The Hall–Kier alpha value is -0.0800. The van der Waals surface area contributed by atoms with Crippen LogP contribution in [0.15, 0.2) is 0 Å². The first-order valence-corrected chi connectivity index (χ1v) is 4.30. The molecule has 0 aromatic heterocycles. The van der Waals surface area contributed by atoms with Crippen molar-refractivity contribution in [3.8, 4) is 0 Å². The number of methoxy groups -OCH3 is 2. The van der Waals surface area contributed by atoms with Gasteiger partial charge in [0.2, 0.25) is 0 Å². The van der Waals surface area contributed by atoms with Crippen molar-refractivity contribution in [1.82, 2.24) is 0 Å². The van der Waals surface area contributed by atoms with Gasteiger partial charge in [0.1, 0.15) is 0 Å². The highest BCUT2D eigenvalue weighted by molar-refractivity contribution is 4.58. The molecule has 0 heterocycles. The molecule has 0 aliphatic heterocycles. The molecule has 0 saturated carbocycles. The van der Waals surface area contributed by atoms with Crippen molar-refractivity contribution in [1.29, 1.82) is 0 Å². The van der Waals surface area contributed by atoms with Gasteiger partial charge < -0.3 is 9.47 Å². The molecule has 0 saturated heterocycles. The second-order valence-electron chi connectivity index (χ2n) is 2.89. The minimum Gasteiger partial charge on any atom is -0.382 e. The second-order valence-corrected chi connectivity index (χ2v) is 2.89. The number of hydrogen-bond donors (Lipinski definition) is 0. The van der Waals surface area contributed by atoms with Crippen LogP contribution < -0.4 is 0 Å². The van der Waals surface area contributed by atoms with Gasteiger partial charge in [-0.2, -0.15) is 0 Å². The zero-order chi connectivity index (χ0) is 8.69. The SMILES string of the molecule is CCC(CCC(C)OC)OC. The van der Waals surface area contributed by atoms with E-state index in [2.05, 4.69) is 13.8 Å². The average Bonchev–Trinajstić information content (AvgIpc) is 2.06. The summed E-state index contributed by atoms with van der Waals surface area (Å²) in [5, 5.41) is 0. The summed E-state index contributed by atoms with van der Waals surface area (Å²) in [5.41, 5.74) is 0. The quantitative estimate of drug-likeness (QED) is 0.593. The summed E-state index contributed by atoms with van der Waals surface area (Å²) in [5.74, 6) is 0. The molecule has 0 bridgehead atoms. The molecule has 0 aliphatic carbocycles. The number of hydrogen-bond acceptors (Lipinski definition) is 2. The fourth-order valence-electron chi connectivity index (χ4n) is 1.03. The molecule has 2 nitrogen and oxygen atoms in total. The van der Waals surface area contributed by atoms with Crippen LogP contribution in [0.1, 0.15) is 33.1 Å². The van der Waals surface area contributed by atoms with Gasteiger partial charge in [0, 0.05) is 14.2 Å². The zero-order valence-corrected chi connectivity index (χ0v) is 8.09. The van der Waals surface area contributed by atoms with E-state index < -0.39 is 0 Å². The van der Waals surface area contributed by atoms with Crippen LogP contribution >= 0.6 is 0 Å². The lowest BCUT2D eigenvalue weighted by atomic mass is 10.1. The van der Waals surface area contributed by atoms with Gasteiger partial charge in [-0.1, -0.05) is 6.92 Å². The first-order chi connectivity index (χ1) is 5.24. The first-order valence-electron chi connectivity index (χ1n) is 4.30. The maximum atomic E-state index is 5.24. The van der Waals surface area contributed by atoms with Crippen LogP contribution in [0, 0.1) is 0 Å². The molecule has 0 fully saturated rings. The lowest BCUT2D eigenvalue weighted by molar-refractivity contribution is 0.0593. The van der Waals surface area contributed by atoms with E-state index in [1.54, 1.807) is 14.2 Å². The van der Waals surface area contributed by atoms with E-state index in [9.17, 15) is 0 Å². The van der Waals surface area contributed by atoms with Gasteiger partial charge in [0.25, 0.3) is 0 Å². The minimum atomic E-state index is 0.360. The summed E-state index contributed by atoms with van der Waals surface area (Å²) in [4.78, 5) is 0. The maximum absolute atomic E-state index is 5.24. The van der Waals surface area contributed by atoms with Crippen LogP contribution in [0.2, 0.25) is 0 Å². The van der Waals surface area contributed by atoms with Gasteiger partial charge in [0.15, 0.2) is 0 Å². The van der Waals surface area contributed by atoms with Crippen molar-refractivity contribution < 1.29 is 9.47 Å². The fourth-order valence-corrected chi connectivity index (χ4v) is 1.03. The third-order valence-corrected chi connectivity index (χ3v) is 2.09. The lowest BCUT2D eigenvalue weighted by Crippen LogP contribution is -2.13. The minimum absolute atomic E-state index is 0.360. The van der Waals surface area contributed by atoms with E-state index in [0.717, 1.165) is 19.3 Å². The molecule has 2 heteroatoms. The molecule has 2 unspecified atom stereocenters. The Kier molecular flexibility index (Phi) is 6.57. The van der Waals surface area contributed by atoms with Crippen molar-refractivity contribution >= 4 is 0 Å². The molecule has 0 amide bonds. The molecule has 0 aromatic rings. The molecule has 0 aliphatic rings. The first kappa shape index (κ1) is 10.9. The normalized spacial score (nSPS) is 16.4. The summed E-state index contributed by atoms with van der Waals surface area (Å²) >= 11 is 0. The molecule has 68 valence electrons. The van der Waals surface area contributed by atoms with Crippen LogP contribution in [0.3, 0.4) is 0 Å². The Morgan fingerprint density at radius 3 is 2.09 bits per heavy atom. The van der Waals surface area contributed by atoms with E-state index in [4.69, 9.17) is 9.47 Å². The molecule has 0 spiro atoms. The Balaban J connectivity index is 3.34. The predicted octanol–water partition coefficient (Wildman–Crippen LogP) is 2.23. The van der Waals surface area contributed by atoms with Gasteiger partial charge >= 0.3 is 0 Å². The Morgan fingerprint density at radius 2 is 1.73 bits per heavy atom. The van der Waals surface area contributed by atoms with Crippen molar-refractivity contribution in [2.45, 2.75) is 45.3 Å². The number of rotatable bonds is 6. The zero-order valence-electron chi connectivity index (χ0n) is 8.09. The van der Waals surface area contributed by atoms with Gasteiger partial charge in [-0.25, -0.2) is 0 Å². The summed E-state index contributed by atoms with van der Waals surface area (Å²) in [7, 11) is 3.52. The van der Waals surface area contributed by atoms with Gasteiger partial charge in [-0.3, -0.25) is 0 Å². The van der Waals surface area contributed by atoms with Crippen LogP contribution in [0.5, 0.6) is 0 Å². The molecule has 0 N–H and O–H groups in total. The van der Waals surface area contributed by atoms with E-state index in [1.807, 2.05) is 0 Å². The highest BCUT2D eigenvalue weighted by atomic mass is 16.5. The lowest BCUT2D eigenvalue weighted by Gasteiger charge is -2.15. The topological polar surface area (TPSA) is 18.5 Å². The molecular weight excluding hydrogens is 140 g/mol. The molecule has 0 aromatic carbocycles. The highest BCUT2D eigenvalue weighted by Gasteiger charge is 2.06. The second kappa shape index (κ2) is 6.62. The van der Waals surface area contributed by atoms with Crippen LogP contribution in [0.4, 0.5) is 0 Å². The summed E-state index contributed by atoms with van der Waals surface area (Å²) in [6, 6.07) is 0. The van der Waals surface area contributed by atoms with Crippen molar-refractivity contribution in [3.05, 3.63) is 0 Å². The Morgan fingerprint density at radius 1 is 1.09 bits per heavy atom. The van der Waals surface area contributed by atoms with E-state index in [0.29, 0.717) is 12.2 Å². The highest BCUT2D eigenvalue weighted by Crippen LogP contribution is 2.08. The summed E-state index contributed by atoms with van der Waals surface area (Å²) < 4.78 is 10.4. The summed E-state index contributed by atoms with van der Waals surface area (Å²) in [6.07, 6.45) is 4.05. The molecule has 11 heavy (non-hydrogen) atoms. The average molecular weight is 160 g/mol.